The van der Waals surface area contributed by atoms with Crippen LogP contribution in [-0.4, -0.2) is 55.1 Å². The largest absolute Gasteiger partial charge is 0.325 e. The highest BCUT2D eigenvalue weighted by Crippen LogP contribution is 2.33. The van der Waals surface area contributed by atoms with Gasteiger partial charge in [-0.2, -0.15) is 0 Å². The molecule has 2 aliphatic rings. The second-order valence-corrected chi connectivity index (χ2v) is 10.4. The van der Waals surface area contributed by atoms with E-state index in [1.165, 1.54) is 12.1 Å². The van der Waals surface area contributed by atoms with Gasteiger partial charge in [0.25, 0.3) is 0 Å². The summed E-state index contributed by atoms with van der Waals surface area (Å²) in [5.41, 5.74) is 1.61. The molecule has 0 bridgehead atoms. The first-order chi connectivity index (χ1) is 14.7. The molecule has 0 atom stereocenters. The predicted molar refractivity (Wildman–Crippen MR) is 115 cm³/mol. The number of hydrogen-bond acceptors (Lipinski definition) is 3. The van der Waals surface area contributed by atoms with Gasteiger partial charge in [-0.05, 0) is 61.1 Å². The topological polar surface area (TPSA) is 69.7 Å². The van der Waals surface area contributed by atoms with E-state index < -0.39 is 21.7 Å². The Morgan fingerprint density at radius 3 is 2.10 bits per heavy atom. The Hall–Kier alpha value is -2.52. The van der Waals surface area contributed by atoms with Gasteiger partial charge in [-0.1, -0.05) is 12.1 Å². The summed E-state index contributed by atoms with van der Waals surface area (Å²) in [5, 5.41) is 2.61. The van der Waals surface area contributed by atoms with Crippen molar-refractivity contribution in [1.82, 2.24) is 9.21 Å². The Bertz CT molecular complexity index is 1040. The molecule has 6 nitrogen and oxygen atoms in total. The van der Waals surface area contributed by atoms with Crippen LogP contribution in [0.1, 0.15) is 25.7 Å². The summed E-state index contributed by atoms with van der Waals surface area (Å²) >= 11 is 0. The number of nitrogens with zero attached hydrogens (tertiary/aromatic N) is 2. The smallest absolute Gasteiger partial charge is 0.321 e. The number of carbonyl (C=O) groups is 1. The molecule has 2 aromatic rings. The van der Waals surface area contributed by atoms with Crippen LogP contribution in [0.15, 0.2) is 42.5 Å². The lowest BCUT2D eigenvalue weighted by molar-refractivity contribution is 0.174. The zero-order chi connectivity index (χ0) is 22.2. The minimum absolute atomic E-state index is 0.0415. The average molecular weight is 450 g/mol. The molecule has 1 aliphatic carbocycles. The zero-order valence-electron chi connectivity index (χ0n) is 17.2. The van der Waals surface area contributed by atoms with Gasteiger partial charge >= 0.3 is 6.03 Å². The number of anilines is 1. The molecule has 1 saturated heterocycles. The first kappa shape index (κ1) is 21.7. The molecule has 1 N–H and O–H groups in total. The van der Waals surface area contributed by atoms with Gasteiger partial charge in [-0.15, -0.1) is 0 Å². The number of amides is 2. The summed E-state index contributed by atoms with van der Waals surface area (Å²) in [6.07, 6.45) is 2.69. The summed E-state index contributed by atoms with van der Waals surface area (Å²) in [6, 6.07) is 9.72. The van der Waals surface area contributed by atoms with Gasteiger partial charge in [-0.3, -0.25) is 0 Å². The summed E-state index contributed by atoms with van der Waals surface area (Å²) in [5.74, 6) is -1.30. The fourth-order valence-corrected chi connectivity index (χ4v) is 5.78. The third kappa shape index (κ3) is 4.88. The Balaban J connectivity index is 1.34. The molecule has 0 radical (unpaired) electrons. The molecule has 31 heavy (non-hydrogen) atoms. The first-order valence-electron chi connectivity index (χ1n) is 10.3. The summed E-state index contributed by atoms with van der Waals surface area (Å²) in [7, 11) is -1.47. The third-order valence-corrected chi connectivity index (χ3v) is 8.33. The molecule has 4 rings (SSSR count). The lowest BCUT2D eigenvalue weighted by Crippen LogP contribution is -2.48. The van der Waals surface area contributed by atoms with Crippen molar-refractivity contribution in [2.45, 2.75) is 37.0 Å². The monoisotopic (exact) mass is 449 g/mol. The van der Waals surface area contributed by atoms with Crippen molar-refractivity contribution in [2.24, 2.45) is 0 Å². The molecule has 2 aromatic carbocycles. The molecule has 1 saturated carbocycles. The number of piperidine rings is 1. The Morgan fingerprint density at radius 1 is 0.968 bits per heavy atom. The Kier molecular flexibility index (Phi) is 5.98. The maximum Gasteiger partial charge on any atom is 0.321 e. The number of halogens is 2. The minimum atomic E-state index is -3.17. The lowest BCUT2D eigenvalue weighted by Gasteiger charge is -2.36. The van der Waals surface area contributed by atoms with Crippen LogP contribution in [0, 0.1) is 11.6 Å². The number of carbonyl (C=O) groups excluding carboxylic acids is 1. The maximum absolute atomic E-state index is 13.4. The quantitative estimate of drug-likeness (QED) is 0.749. The maximum atomic E-state index is 13.4. The Morgan fingerprint density at radius 2 is 1.55 bits per heavy atom. The molecular weight excluding hydrogens is 424 g/mol. The fourth-order valence-electron chi connectivity index (χ4n) is 3.90. The second kappa shape index (κ2) is 8.55. The molecule has 0 aromatic heterocycles. The Labute approximate surface area is 180 Å². The number of hydrogen-bond donors (Lipinski definition) is 1. The van der Waals surface area contributed by atoms with Gasteiger partial charge < -0.3 is 10.2 Å². The standard InChI is InChI=1S/C22H25F2N3O3S/c1-26(20-8-10-27(11-9-20)31(29,30)21-6-7-21)22(28)25-19-4-2-15(3-5-19)16-12-17(23)14-18(24)13-16/h2-5,12-14,20-21H,6-11H2,1H3,(H,25,28). The van der Waals surface area contributed by atoms with Crippen molar-refractivity contribution in [3.8, 4) is 11.1 Å². The van der Waals surface area contributed by atoms with Gasteiger partial charge in [0.15, 0.2) is 0 Å². The molecule has 2 amide bonds. The van der Waals surface area contributed by atoms with E-state index in [-0.39, 0.29) is 17.3 Å². The van der Waals surface area contributed by atoms with Gasteiger partial charge in [0.2, 0.25) is 10.0 Å². The van der Waals surface area contributed by atoms with Gasteiger partial charge in [0, 0.05) is 37.9 Å². The van der Waals surface area contributed by atoms with E-state index >= 15 is 0 Å². The van der Waals surface area contributed by atoms with Crippen LogP contribution in [0.5, 0.6) is 0 Å². The minimum Gasteiger partial charge on any atom is -0.325 e. The van der Waals surface area contributed by atoms with E-state index in [0.29, 0.717) is 42.7 Å². The van der Waals surface area contributed by atoms with Crippen molar-refractivity contribution in [2.75, 3.05) is 25.5 Å². The summed E-state index contributed by atoms with van der Waals surface area (Å²) < 4.78 is 53.1. The molecule has 1 heterocycles. The van der Waals surface area contributed by atoms with E-state index in [0.717, 1.165) is 18.9 Å². The van der Waals surface area contributed by atoms with Gasteiger partial charge in [-0.25, -0.2) is 26.3 Å². The van der Waals surface area contributed by atoms with Crippen LogP contribution in [0.25, 0.3) is 11.1 Å². The molecule has 9 heteroatoms. The normalized spacial score (nSPS) is 18.0. The van der Waals surface area contributed by atoms with E-state index in [1.54, 1.807) is 40.5 Å². The van der Waals surface area contributed by atoms with Crippen LogP contribution in [0.3, 0.4) is 0 Å². The highest BCUT2D eigenvalue weighted by molar-refractivity contribution is 7.90. The summed E-state index contributed by atoms with van der Waals surface area (Å²) in [4.78, 5) is 14.2. The molecular formula is C22H25F2N3O3S. The molecule has 0 spiro atoms. The predicted octanol–water partition coefficient (Wildman–Crippen LogP) is 4.05. The van der Waals surface area contributed by atoms with E-state index in [2.05, 4.69) is 5.32 Å². The van der Waals surface area contributed by atoms with Crippen LogP contribution in [0.4, 0.5) is 19.3 Å². The van der Waals surface area contributed by atoms with E-state index in [1.807, 2.05) is 0 Å². The zero-order valence-corrected chi connectivity index (χ0v) is 18.0. The lowest BCUT2D eigenvalue weighted by atomic mass is 10.0. The van der Waals surface area contributed by atoms with Crippen LogP contribution in [0.2, 0.25) is 0 Å². The highest BCUT2D eigenvalue weighted by atomic mass is 32.2. The number of rotatable bonds is 5. The van der Waals surface area contributed by atoms with Gasteiger partial charge in [0.05, 0.1) is 5.25 Å². The van der Waals surface area contributed by atoms with Crippen molar-refractivity contribution in [3.63, 3.8) is 0 Å². The third-order valence-electron chi connectivity index (χ3n) is 5.93. The van der Waals surface area contributed by atoms with Gasteiger partial charge in [0.1, 0.15) is 11.6 Å². The van der Waals surface area contributed by atoms with Crippen LogP contribution in [-0.2, 0) is 10.0 Å². The number of sulfonamides is 1. The number of nitrogens with one attached hydrogen (secondary N) is 1. The highest BCUT2D eigenvalue weighted by Gasteiger charge is 2.41. The summed E-state index contributed by atoms with van der Waals surface area (Å²) in [6.45, 7) is 0.861. The second-order valence-electron chi connectivity index (χ2n) is 8.15. The van der Waals surface area contributed by atoms with Crippen LogP contribution < -0.4 is 5.32 Å². The number of urea groups is 1. The molecule has 1 aliphatic heterocycles. The molecule has 2 fully saturated rings. The SMILES string of the molecule is CN(C(=O)Nc1ccc(-c2cc(F)cc(F)c2)cc1)C1CCN(S(=O)(=O)C2CC2)CC1. The fraction of sp³-hybridized carbons (Fsp3) is 0.409. The van der Waals surface area contributed by atoms with E-state index in [9.17, 15) is 22.0 Å². The average Bonchev–Trinajstić information content (AvgIpc) is 3.59. The number of benzene rings is 2. The van der Waals surface area contributed by atoms with Crippen LogP contribution >= 0.6 is 0 Å². The van der Waals surface area contributed by atoms with Crippen molar-refractivity contribution >= 4 is 21.7 Å². The van der Waals surface area contributed by atoms with Crippen molar-refractivity contribution in [3.05, 3.63) is 54.1 Å². The first-order valence-corrected chi connectivity index (χ1v) is 11.8. The van der Waals surface area contributed by atoms with E-state index in [4.69, 9.17) is 0 Å². The van der Waals surface area contributed by atoms with Crippen molar-refractivity contribution in [1.29, 1.82) is 0 Å². The van der Waals surface area contributed by atoms with Crippen molar-refractivity contribution < 1.29 is 22.0 Å². The molecule has 166 valence electrons. The molecule has 0 unspecified atom stereocenters.